The number of carboxylic acids is 1. The number of carboxylic acid groups (broad SMARTS) is 1. The molecule has 3 rings (SSSR count). The number of aromatic carboxylic acids is 1. The number of amides is 2. The highest BCUT2D eigenvalue weighted by atomic mass is 16.4. The summed E-state index contributed by atoms with van der Waals surface area (Å²) in [6.45, 7) is 11.4. The predicted molar refractivity (Wildman–Crippen MR) is 129 cm³/mol. The van der Waals surface area contributed by atoms with E-state index in [1.54, 1.807) is 24.3 Å². The summed E-state index contributed by atoms with van der Waals surface area (Å²) < 4.78 is 0. The molecule has 0 aromatic heterocycles. The van der Waals surface area contributed by atoms with E-state index in [-0.39, 0.29) is 23.1 Å². The van der Waals surface area contributed by atoms with E-state index in [4.69, 9.17) is 0 Å². The van der Waals surface area contributed by atoms with Gasteiger partial charge in [0.1, 0.15) is 0 Å². The SMILES string of the molecule is Cc1cc(C)cc(NC(=O)N(Cc2ccc(C(=O)O)cc2)C2CCC(C(C)(C)C)CC2)c1. The molecular weight excluding hydrogens is 400 g/mol. The minimum Gasteiger partial charge on any atom is -0.478 e. The maximum Gasteiger partial charge on any atom is 0.335 e. The summed E-state index contributed by atoms with van der Waals surface area (Å²) in [6, 6.07) is 13.0. The molecule has 32 heavy (non-hydrogen) atoms. The monoisotopic (exact) mass is 436 g/mol. The first-order valence-corrected chi connectivity index (χ1v) is 11.5. The molecule has 0 saturated heterocycles. The number of carbonyl (C=O) groups excluding carboxylic acids is 1. The lowest BCUT2D eigenvalue weighted by atomic mass is 9.71. The highest BCUT2D eigenvalue weighted by molar-refractivity contribution is 5.90. The lowest BCUT2D eigenvalue weighted by Gasteiger charge is -2.41. The molecular formula is C27H36N2O3. The molecule has 0 heterocycles. The van der Waals surface area contributed by atoms with Crippen LogP contribution in [0.5, 0.6) is 0 Å². The molecule has 0 radical (unpaired) electrons. The summed E-state index contributed by atoms with van der Waals surface area (Å²) in [5, 5.41) is 12.3. The van der Waals surface area contributed by atoms with E-state index in [9.17, 15) is 14.7 Å². The second-order valence-corrected chi connectivity index (χ2v) is 10.3. The summed E-state index contributed by atoms with van der Waals surface area (Å²) in [7, 11) is 0. The Kier molecular flexibility index (Phi) is 7.27. The number of anilines is 1. The van der Waals surface area contributed by atoms with E-state index in [0.29, 0.717) is 12.5 Å². The Morgan fingerprint density at radius 1 is 0.969 bits per heavy atom. The van der Waals surface area contributed by atoms with Gasteiger partial charge in [-0.1, -0.05) is 39.0 Å². The summed E-state index contributed by atoms with van der Waals surface area (Å²) in [4.78, 5) is 26.5. The summed E-state index contributed by atoms with van der Waals surface area (Å²) in [5.41, 5.74) is 4.50. The van der Waals surface area contributed by atoms with Gasteiger partial charge in [0, 0.05) is 18.3 Å². The van der Waals surface area contributed by atoms with Gasteiger partial charge in [0.25, 0.3) is 0 Å². The number of urea groups is 1. The first kappa shape index (κ1) is 23.8. The first-order chi connectivity index (χ1) is 15.0. The van der Waals surface area contributed by atoms with Crippen LogP contribution in [0, 0.1) is 25.2 Å². The predicted octanol–water partition coefficient (Wildman–Crippen LogP) is 6.64. The molecule has 2 aromatic rings. The van der Waals surface area contributed by atoms with Gasteiger partial charge < -0.3 is 15.3 Å². The topological polar surface area (TPSA) is 69.6 Å². The van der Waals surface area contributed by atoms with Gasteiger partial charge >= 0.3 is 12.0 Å². The van der Waals surface area contributed by atoms with E-state index in [1.807, 2.05) is 30.9 Å². The van der Waals surface area contributed by atoms with E-state index in [2.05, 4.69) is 32.2 Å². The van der Waals surface area contributed by atoms with Crippen LogP contribution in [-0.4, -0.2) is 28.0 Å². The van der Waals surface area contributed by atoms with Crippen molar-refractivity contribution in [3.05, 3.63) is 64.7 Å². The first-order valence-electron chi connectivity index (χ1n) is 11.5. The number of nitrogens with one attached hydrogen (secondary N) is 1. The van der Waals surface area contributed by atoms with Crippen molar-refractivity contribution in [1.29, 1.82) is 0 Å². The van der Waals surface area contributed by atoms with Gasteiger partial charge in [0.05, 0.1) is 5.56 Å². The van der Waals surface area contributed by atoms with Crippen LogP contribution in [0.4, 0.5) is 10.5 Å². The van der Waals surface area contributed by atoms with Crippen LogP contribution >= 0.6 is 0 Å². The number of nitrogens with zero attached hydrogens (tertiary/aromatic N) is 1. The Labute approximate surface area is 191 Å². The van der Waals surface area contributed by atoms with Crippen LogP contribution in [0.2, 0.25) is 0 Å². The quantitative estimate of drug-likeness (QED) is 0.552. The molecule has 2 aromatic carbocycles. The third kappa shape index (κ3) is 6.12. The van der Waals surface area contributed by atoms with Gasteiger partial charge in [-0.3, -0.25) is 0 Å². The summed E-state index contributed by atoms with van der Waals surface area (Å²) >= 11 is 0. The summed E-state index contributed by atoms with van der Waals surface area (Å²) in [6.07, 6.45) is 4.18. The largest absolute Gasteiger partial charge is 0.478 e. The maximum absolute atomic E-state index is 13.4. The van der Waals surface area contributed by atoms with Crippen molar-refractivity contribution in [2.24, 2.45) is 11.3 Å². The highest BCUT2D eigenvalue weighted by Gasteiger charge is 2.33. The molecule has 2 amide bonds. The number of hydrogen-bond donors (Lipinski definition) is 2. The third-order valence-electron chi connectivity index (χ3n) is 6.65. The molecule has 1 aliphatic rings. The van der Waals surface area contributed by atoms with E-state index < -0.39 is 5.97 Å². The second kappa shape index (κ2) is 9.76. The van der Waals surface area contributed by atoms with Gasteiger partial charge in [0.15, 0.2) is 0 Å². The van der Waals surface area contributed by atoms with Crippen LogP contribution < -0.4 is 5.32 Å². The molecule has 0 unspecified atom stereocenters. The molecule has 0 aliphatic heterocycles. The van der Waals surface area contributed by atoms with Crippen molar-refractivity contribution in [1.82, 2.24) is 4.90 Å². The van der Waals surface area contributed by atoms with Crippen molar-refractivity contribution in [2.45, 2.75) is 72.9 Å². The molecule has 0 spiro atoms. The fourth-order valence-electron chi connectivity index (χ4n) is 4.81. The van der Waals surface area contributed by atoms with Crippen molar-refractivity contribution < 1.29 is 14.7 Å². The van der Waals surface area contributed by atoms with Crippen molar-refractivity contribution in [3.63, 3.8) is 0 Å². The summed E-state index contributed by atoms with van der Waals surface area (Å²) in [5.74, 6) is -0.278. The van der Waals surface area contributed by atoms with Crippen LogP contribution in [0.3, 0.4) is 0 Å². The Hall–Kier alpha value is -2.82. The smallest absolute Gasteiger partial charge is 0.335 e. The van der Waals surface area contributed by atoms with Crippen molar-refractivity contribution in [2.75, 3.05) is 5.32 Å². The van der Waals surface area contributed by atoms with Crippen LogP contribution in [0.15, 0.2) is 42.5 Å². The van der Waals surface area contributed by atoms with Gasteiger partial charge in [-0.15, -0.1) is 0 Å². The average molecular weight is 437 g/mol. The molecule has 5 heteroatoms. The number of carbonyl (C=O) groups is 2. The zero-order chi connectivity index (χ0) is 23.5. The van der Waals surface area contributed by atoms with Crippen LogP contribution in [-0.2, 0) is 6.54 Å². The molecule has 0 bridgehead atoms. The Balaban J connectivity index is 1.80. The Morgan fingerprint density at radius 3 is 2.03 bits per heavy atom. The lowest BCUT2D eigenvalue weighted by molar-refractivity contribution is 0.0696. The van der Waals surface area contributed by atoms with Gasteiger partial charge in [-0.2, -0.15) is 0 Å². The fraction of sp³-hybridized carbons (Fsp3) is 0.481. The average Bonchev–Trinajstić information content (AvgIpc) is 2.71. The Bertz CT molecular complexity index is 932. The minimum atomic E-state index is -0.943. The zero-order valence-electron chi connectivity index (χ0n) is 19.9. The Morgan fingerprint density at radius 2 is 1.53 bits per heavy atom. The van der Waals surface area contributed by atoms with Crippen LogP contribution in [0.1, 0.15) is 73.5 Å². The van der Waals surface area contributed by atoms with E-state index >= 15 is 0 Å². The minimum absolute atomic E-state index is 0.100. The van der Waals surface area contributed by atoms with Crippen molar-refractivity contribution >= 4 is 17.7 Å². The van der Waals surface area contributed by atoms with Crippen LogP contribution in [0.25, 0.3) is 0 Å². The highest BCUT2D eigenvalue weighted by Crippen LogP contribution is 2.39. The van der Waals surface area contributed by atoms with Gasteiger partial charge in [-0.25, -0.2) is 9.59 Å². The molecule has 1 fully saturated rings. The standard InChI is InChI=1S/C27H36N2O3/c1-18-14-19(2)16-23(15-18)28-26(32)29(17-20-6-8-21(9-7-20)25(30)31)24-12-10-22(11-13-24)27(3,4)5/h6-9,14-16,22,24H,10-13,17H2,1-5H3,(H,28,32)(H,30,31). The second-order valence-electron chi connectivity index (χ2n) is 10.3. The zero-order valence-corrected chi connectivity index (χ0v) is 19.9. The number of benzene rings is 2. The third-order valence-corrected chi connectivity index (χ3v) is 6.65. The number of rotatable bonds is 5. The molecule has 172 valence electrons. The fourth-order valence-corrected chi connectivity index (χ4v) is 4.81. The lowest BCUT2D eigenvalue weighted by Crippen LogP contribution is -2.45. The molecule has 0 atom stereocenters. The maximum atomic E-state index is 13.4. The number of hydrogen-bond acceptors (Lipinski definition) is 2. The van der Waals surface area contributed by atoms with Gasteiger partial charge in [0.2, 0.25) is 0 Å². The van der Waals surface area contributed by atoms with E-state index in [1.165, 1.54) is 0 Å². The van der Waals surface area contributed by atoms with Crippen molar-refractivity contribution in [3.8, 4) is 0 Å². The molecule has 1 saturated carbocycles. The molecule has 5 nitrogen and oxygen atoms in total. The normalized spacial score (nSPS) is 18.8. The van der Waals surface area contributed by atoms with E-state index in [0.717, 1.165) is 48.1 Å². The molecule has 2 N–H and O–H groups in total. The van der Waals surface area contributed by atoms with Gasteiger partial charge in [-0.05, 0) is 91.8 Å². The number of aryl methyl sites for hydroxylation is 2. The molecule has 1 aliphatic carbocycles.